The Bertz CT molecular complexity index is 1290. The SMILES string of the molecule is Cc1ccc2ccnc(N(C(=O)c3ccc(C4=NOC(C)(C)C4=O)cc3)C3CCCNC3)c2c1. The first-order valence-corrected chi connectivity index (χ1v) is 11.7. The predicted molar refractivity (Wildman–Crippen MR) is 132 cm³/mol. The number of nitrogens with zero attached hydrogens (tertiary/aromatic N) is 3. The van der Waals surface area contributed by atoms with Crippen LogP contribution in [0.1, 0.15) is 48.2 Å². The molecule has 1 atom stereocenters. The number of Topliss-reactive ketones (excluding diaryl/α,β-unsaturated/α-hetero) is 1. The van der Waals surface area contributed by atoms with E-state index in [-0.39, 0.29) is 23.4 Å². The van der Waals surface area contributed by atoms with Crippen molar-refractivity contribution in [2.75, 3.05) is 18.0 Å². The molecule has 2 aliphatic heterocycles. The lowest BCUT2D eigenvalue weighted by molar-refractivity contribution is -0.128. The molecule has 2 aromatic carbocycles. The van der Waals surface area contributed by atoms with Crippen LogP contribution in [-0.2, 0) is 9.63 Å². The summed E-state index contributed by atoms with van der Waals surface area (Å²) in [5.41, 5.74) is 1.60. The fourth-order valence-corrected chi connectivity index (χ4v) is 4.57. The standard InChI is InChI=1S/C27H28N4O3/c1-17-6-7-18-12-14-29-25(22(18)15-17)31(21-5-4-13-28-16-21)26(33)20-10-8-19(9-11-20)23-24(32)27(2,3)34-30-23/h6-12,14-15,21,28H,4-5,13,16H2,1-3H3. The zero-order valence-electron chi connectivity index (χ0n) is 19.7. The van der Waals surface area contributed by atoms with Gasteiger partial charge in [-0.15, -0.1) is 0 Å². The van der Waals surface area contributed by atoms with Gasteiger partial charge in [-0.25, -0.2) is 4.98 Å². The lowest BCUT2D eigenvalue weighted by atomic mass is 9.95. The van der Waals surface area contributed by atoms with Crippen molar-refractivity contribution in [3.63, 3.8) is 0 Å². The zero-order valence-corrected chi connectivity index (χ0v) is 19.7. The number of carbonyl (C=O) groups is 2. The second-order valence-corrected chi connectivity index (χ2v) is 9.48. The maximum absolute atomic E-state index is 13.9. The van der Waals surface area contributed by atoms with Crippen LogP contribution in [0.5, 0.6) is 0 Å². The largest absolute Gasteiger partial charge is 0.381 e. The Balaban J connectivity index is 1.52. The molecule has 3 aromatic rings. The number of anilines is 1. The number of piperidine rings is 1. The molecule has 1 saturated heterocycles. The zero-order chi connectivity index (χ0) is 23.9. The van der Waals surface area contributed by atoms with Gasteiger partial charge in [0.05, 0.1) is 6.04 Å². The molecule has 0 spiro atoms. The van der Waals surface area contributed by atoms with E-state index in [9.17, 15) is 9.59 Å². The van der Waals surface area contributed by atoms with Gasteiger partial charge in [-0.05, 0) is 69.8 Å². The first kappa shape index (κ1) is 22.2. The Morgan fingerprint density at radius 1 is 1.15 bits per heavy atom. The molecule has 3 heterocycles. The smallest absolute Gasteiger partial charge is 0.259 e. The molecule has 0 saturated carbocycles. The summed E-state index contributed by atoms with van der Waals surface area (Å²) in [6.45, 7) is 7.09. The van der Waals surface area contributed by atoms with Crippen molar-refractivity contribution in [3.8, 4) is 0 Å². The molecule has 1 N–H and O–H groups in total. The lowest BCUT2D eigenvalue weighted by Crippen LogP contribution is -2.49. The van der Waals surface area contributed by atoms with Gasteiger partial charge >= 0.3 is 0 Å². The molecule has 0 radical (unpaired) electrons. The third-order valence-corrected chi connectivity index (χ3v) is 6.52. The maximum Gasteiger partial charge on any atom is 0.259 e. The van der Waals surface area contributed by atoms with Crippen LogP contribution < -0.4 is 10.2 Å². The van der Waals surface area contributed by atoms with Crippen LogP contribution in [0, 0.1) is 6.92 Å². The summed E-state index contributed by atoms with van der Waals surface area (Å²) >= 11 is 0. The molecule has 5 rings (SSSR count). The Morgan fingerprint density at radius 3 is 2.62 bits per heavy atom. The second-order valence-electron chi connectivity index (χ2n) is 9.48. The molecule has 174 valence electrons. The number of aromatic nitrogens is 1. The van der Waals surface area contributed by atoms with Crippen LogP contribution in [0.2, 0.25) is 0 Å². The van der Waals surface area contributed by atoms with E-state index in [1.165, 1.54) is 0 Å². The summed E-state index contributed by atoms with van der Waals surface area (Å²) in [6.07, 6.45) is 3.66. The van der Waals surface area contributed by atoms with E-state index in [0.29, 0.717) is 23.5 Å². The van der Waals surface area contributed by atoms with Crippen molar-refractivity contribution in [3.05, 3.63) is 71.4 Å². The van der Waals surface area contributed by atoms with Gasteiger partial charge in [-0.1, -0.05) is 35.0 Å². The van der Waals surface area contributed by atoms with Gasteiger partial charge in [-0.3, -0.25) is 14.5 Å². The van der Waals surface area contributed by atoms with E-state index in [0.717, 1.165) is 35.7 Å². The number of oxime groups is 1. The van der Waals surface area contributed by atoms with E-state index in [1.807, 2.05) is 17.9 Å². The molecule has 1 unspecified atom stereocenters. The topological polar surface area (TPSA) is 83.9 Å². The minimum Gasteiger partial charge on any atom is -0.381 e. The van der Waals surface area contributed by atoms with Gasteiger partial charge in [-0.2, -0.15) is 0 Å². The number of rotatable bonds is 4. The molecule has 1 fully saturated rings. The molecule has 0 aliphatic carbocycles. The Kier molecular flexibility index (Phi) is 5.65. The molecule has 2 aliphatic rings. The van der Waals surface area contributed by atoms with E-state index in [4.69, 9.17) is 4.84 Å². The Labute approximate surface area is 198 Å². The fraction of sp³-hybridized carbons (Fsp3) is 0.333. The van der Waals surface area contributed by atoms with Gasteiger partial charge in [0.25, 0.3) is 5.91 Å². The van der Waals surface area contributed by atoms with Crippen LogP contribution in [0.15, 0.2) is 59.9 Å². The van der Waals surface area contributed by atoms with Gasteiger partial charge in [0, 0.05) is 29.3 Å². The molecule has 7 heteroatoms. The van der Waals surface area contributed by atoms with Crippen molar-refractivity contribution in [1.29, 1.82) is 0 Å². The van der Waals surface area contributed by atoms with Crippen molar-refractivity contribution in [2.45, 2.75) is 45.3 Å². The normalized spacial score (nSPS) is 19.6. The minimum absolute atomic E-state index is 0.00507. The highest BCUT2D eigenvalue weighted by molar-refractivity contribution is 6.49. The first-order valence-electron chi connectivity index (χ1n) is 11.7. The van der Waals surface area contributed by atoms with Crippen molar-refractivity contribution < 1.29 is 14.4 Å². The number of hydrogen-bond donors (Lipinski definition) is 1. The summed E-state index contributed by atoms with van der Waals surface area (Å²) in [5.74, 6) is 0.393. The Morgan fingerprint density at radius 2 is 1.94 bits per heavy atom. The lowest BCUT2D eigenvalue weighted by Gasteiger charge is -2.34. The average Bonchev–Trinajstić information content (AvgIpc) is 3.12. The highest BCUT2D eigenvalue weighted by atomic mass is 16.7. The number of pyridine rings is 1. The van der Waals surface area contributed by atoms with Crippen LogP contribution in [0.4, 0.5) is 5.82 Å². The summed E-state index contributed by atoms with van der Waals surface area (Å²) in [4.78, 5) is 38.2. The quantitative estimate of drug-likeness (QED) is 0.641. The number of amides is 1. The number of aryl methyl sites for hydroxylation is 1. The predicted octanol–water partition coefficient (Wildman–Crippen LogP) is 4.02. The maximum atomic E-state index is 13.9. The van der Waals surface area contributed by atoms with E-state index < -0.39 is 5.60 Å². The average molecular weight is 457 g/mol. The van der Waals surface area contributed by atoms with Gasteiger partial charge in [0.1, 0.15) is 5.82 Å². The van der Waals surface area contributed by atoms with Crippen molar-refractivity contribution >= 4 is 34.0 Å². The minimum atomic E-state index is -0.966. The first-order chi connectivity index (χ1) is 16.3. The molecule has 0 bridgehead atoms. The van der Waals surface area contributed by atoms with Gasteiger partial charge in [0.15, 0.2) is 11.3 Å². The van der Waals surface area contributed by atoms with Crippen molar-refractivity contribution in [1.82, 2.24) is 10.3 Å². The number of ketones is 1. The fourth-order valence-electron chi connectivity index (χ4n) is 4.57. The molecule has 34 heavy (non-hydrogen) atoms. The summed E-state index contributed by atoms with van der Waals surface area (Å²) in [5, 5.41) is 9.40. The molecule has 1 amide bonds. The van der Waals surface area contributed by atoms with E-state index in [1.54, 1.807) is 44.3 Å². The number of carbonyl (C=O) groups excluding carboxylic acids is 2. The van der Waals surface area contributed by atoms with Crippen LogP contribution in [0.25, 0.3) is 10.8 Å². The molecule has 7 nitrogen and oxygen atoms in total. The van der Waals surface area contributed by atoms with E-state index in [2.05, 4.69) is 33.7 Å². The summed E-state index contributed by atoms with van der Waals surface area (Å²) < 4.78 is 0. The third-order valence-electron chi connectivity index (χ3n) is 6.52. The number of hydrogen-bond acceptors (Lipinski definition) is 6. The third kappa shape index (κ3) is 3.96. The summed E-state index contributed by atoms with van der Waals surface area (Å²) in [7, 11) is 0. The van der Waals surface area contributed by atoms with Crippen LogP contribution in [-0.4, -0.2) is 47.1 Å². The summed E-state index contributed by atoms with van der Waals surface area (Å²) in [6, 6.07) is 15.2. The second kappa shape index (κ2) is 8.65. The molecular formula is C27H28N4O3. The highest BCUT2D eigenvalue weighted by Gasteiger charge is 2.40. The van der Waals surface area contributed by atoms with Crippen LogP contribution in [0.3, 0.4) is 0 Å². The van der Waals surface area contributed by atoms with Gasteiger partial charge in [0.2, 0.25) is 5.78 Å². The van der Waals surface area contributed by atoms with Crippen molar-refractivity contribution in [2.24, 2.45) is 5.16 Å². The number of fused-ring (bicyclic) bond motifs is 1. The highest BCUT2D eigenvalue weighted by Crippen LogP contribution is 2.30. The number of benzene rings is 2. The van der Waals surface area contributed by atoms with Crippen LogP contribution >= 0.6 is 0 Å². The Hall–Kier alpha value is -3.58. The van der Waals surface area contributed by atoms with Gasteiger partial charge < -0.3 is 10.2 Å². The monoisotopic (exact) mass is 456 g/mol. The molecule has 1 aromatic heterocycles. The molecular weight excluding hydrogens is 428 g/mol. The number of nitrogens with one attached hydrogen (secondary N) is 1. The van der Waals surface area contributed by atoms with E-state index >= 15 is 0 Å².